The molecule has 2 aliphatic heterocycles. The summed E-state index contributed by atoms with van der Waals surface area (Å²) in [7, 11) is 0. The van der Waals surface area contributed by atoms with Gasteiger partial charge in [0.05, 0.1) is 18.4 Å². The third-order valence-corrected chi connectivity index (χ3v) is 7.01. The van der Waals surface area contributed by atoms with Crippen LogP contribution >= 0.6 is 11.6 Å². The van der Waals surface area contributed by atoms with Crippen molar-refractivity contribution >= 4 is 35.3 Å². The molecule has 2 aromatic carbocycles. The van der Waals surface area contributed by atoms with E-state index in [9.17, 15) is 14.4 Å². The second-order valence-corrected chi connectivity index (χ2v) is 9.48. The van der Waals surface area contributed by atoms with Crippen LogP contribution in [-0.2, 0) is 11.3 Å². The lowest BCUT2D eigenvalue weighted by Gasteiger charge is -2.37. The number of rotatable bonds is 5. The molecule has 36 heavy (non-hydrogen) atoms. The molecule has 2 aliphatic rings. The van der Waals surface area contributed by atoms with Gasteiger partial charge >= 0.3 is 12.1 Å². The fourth-order valence-corrected chi connectivity index (χ4v) is 4.99. The molecule has 1 saturated heterocycles. The minimum absolute atomic E-state index is 0.0486. The summed E-state index contributed by atoms with van der Waals surface area (Å²) in [6.07, 6.45) is 3.09. The number of nitrogens with zero attached hydrogens (tertiary/aromatic N) is 4. The highest BCUT2D eigenvalue weighted by Gasteiger charge is 2.37. The first-order valence-electron chi connectivity index (χ1n) is 11.9. The van der Waals surface area contributed by atoms with Crippen molar-refractivity contribution in [3.63, 3.8) is 0 Å². The highest BCUT2D eigenvalue weighted by Crippen LogP contribution is 2.27. The van der Waals surface area contributed by atoms with Crippen molar-refractivity contribution in [2.75, 3.05) is 18.4 Å². The Labute approximate surface area is 214 Å². The Bertz CT molecular complexity index is 1270. The van der Waals surface area contributed by atoms with E-state index in [1.165, 1.54) is 0 Å². The molecule has 2 N–H and O–H groups in total. The van der Waals surface area contributed by atoms with Gasteiger partial charge in [-0.3, -0.25) is 9.36 Å². The lowest BCUT2D eigenvalue weighted by atomic mass is 10.0. The molecule has 0 unspecified atom stereocenters. The molecule has 5 rings (SSSR count). The molecular weight excluding hydrogens is 480 g/mol. The molecule has 0 aliphatic carbocycles. The molecule has 0 radical (unpaired) electrons. The molecule has 3 aromatic rings. The van der Waals surface area contributed by atoms with Gasteiger partial charge in [0, 0.05) is 29.8 Å². The highest BCUT2D eigenvalue weighted by molar-refractivity contribution is 6.30. The second kappa shape index (κ2) is 10.0. The number of nitrogens with one attached hydrogen (secondary N) is 2. The first-order valence-corrected chi connectivity index (χ1v) is 12.3. The van der Waals surface area contributed by atoms with Gasteiger partial charge in [-0.25, -0.2) is 14.6 Å². The normalized spacial score (nSPS) is 16.6. The van der Waals surface area contributed by atoms with Gasteiger partial charge in [-0.15, -0.1) is 0 Å². The Morgan fingerprint density at radius 3 is 2.42 bits per heavy atom. The number of benzene rings is 2. The molecule has 186 valence electrons. The molecule has 0 saturated carbocycles. The van der Waals surface area contributed by atoms with E-state index < -0.39 is 12.1 Å². The third-order valence-electron chi connectivity index (χ3n) is 6.75. The fraction of sp³-hybridized carbons (Fsp3) is 0.308. The van der Waals surface area contributed by atoms with Crippen LogP contribution in [0.3, 0.4) is 0 Å². The quantitative estimate of drug-likeness (QED) is 0.542. The number of hydrogen-bond donors (Lipinski definition) is 2. The van der Waals surface area contributed by atoms with E-state index >= 15 is 0 Å². The van der Waals surface area contributed by atoms with E-state index in [0.717, 1.165) is 5.69 Å². The second-order valence-electron chi connectivity index (χ2n) is 9.05. The molecule has 3 heterocycles. The summed E-state index contributed by atoms with van der Waals surface area (Å²) >= 11 is 5.92. The number of likely N-dealkylation sites (tertiary alicyclic amines) is 1. The maximum Gasteiger partial charge on any atom is 0.330 e. The summed E-state index contributed by atoms with van der Waals surface area (Å²) in [5, 5.41) is 6.16. The van der Waals surface area contributed by atoms with Crippen molar-refractivity contribution in [1.82, 2.24) is 24.7 Å². The number of aryl methyl sites for hydroxylation is 1. The molecule has 1 aromatic heterocycles. The SMILES string of the molecule is Cc1ncc2n1C(=O)N(C1CCN(C(=O)[C@@H](NC(=O)Nc3ccc(Cl)cc3)c3ccccc3)CC1)C2. The summed E-state index contributed by atoms with van der Waals surface area (Å²) in [6, 6.07) is 14.6. The number of amides is 4. The smallest absolute Gasteiger partial charge is 0.330 e. The van der Waals surface area contributed by atoms with Gasteiger partial charge in [0.25, 0.3) is 0 Å². The Morgan fingerprint density at radius 1 is 1.06 bits per heavy atom. The average molecular weight is 507 g/mol. The molecule has 9 nitrogen and oxygen atoms in total. The maximum absolute atomic E-state index is 13.6. The monoisotopic (exact) mass is 506 g/mol. The van der Waals surface area contributed by atoms with Crippen LogP contribution in [0, 0.1) is 6.92 Å². The number of hydrogen-bond acceptors (Lipinski definition) is 4. The lowest BCUT2D eigenvalue weighted by molar-refractivity contribution is -0.134. The van der Waals surface area contributed by atoms with Crippen molar-refractivity contribution in [2.24, 2.45) is 0 Å². The topological polar surface area (TPSA) is 99.6 Å². The van der Waals surface area contributed by atoms with Crippen LogP contribution < -0.4 is 10.6 Å². The van der Waals surface area contributed by atoms with Crippen LogP contribution in [-0.4, -0.2) is 56.5 Å². The van der Waals surface area contributed by atoms with Crippen LogP contribution in [0.5, 0.6) is 0 Å². The zero-order chi connectivity index (χ0) is 25.2. The zero-order valence-electron chi connectivity index (χ0n) is 19.9. The molecule has 1 fully saturated rings. The van der Waals surface area contributed by atoms with Crippen LogP contribution in [0.25, 0.3) is 0 Å². The number of piperidine rings is 1. The zero-order valence-corrected chi connectivity index (χ0v) is 20.6. The number of carbonyl (C=O) groups is 3. The summed E-state index contributed by atoms with van der Waals surface area (Å²) in [6.45, 7) is 3.37. The van der Waals surface area contributed by atoms with Gasteiger partial charge in [-0.05, 0) is 49.6 Å². The number of carbonyl (C=O) groups excluding carboxylic acids is 3. The van der Waals surface area contributed by atoms with Crippen molar-refractivity contribution in [3.05, 3.63) is 82.9 Å². The Balaban J connectivity index is 1.24. The van der Waals surface area contributed by atoms with Gasteiger partial charge in [-0.1, -0.05) is 41.9 Å². The maximum atomic E-state index is 13.6. The Kier molecular flexibility index (Phi) is 6.65. The average Bonchev–Trinajstić information content (AvgIpc) is 3.43. The van der Waals surface area contributed by atoms with Gasteiger partial charge < -0.3 is 20.4 Å². The molecule has 0 spiro atoms. The number of anilines is 1. The van der Waals surface area contributed by atoms with Gasteiger partial charge in [0.2, 0.25) is 5.91 Å². The van der Waals surface area contributed by atoms with E-state index in [4.69, 9.17) is 11.6 Å². The number of imidazole rings is 1. The highest BCUT2D eigenvalue weighted by atomic mass is 35.5. The summed E-state index contributed by atoms with van der Waals surface area (Å²) in [5.41, 5.74) is 2.17. The van der Waals surface area contributed by atoms with E-state index in [-0.39, 0.29) is 18.0 Å². The number of fused-ring (bicyclic) bond motifs is 1. The van der Waals surface area contributed by atoms with Crippen LogP contribution in [0.15, 0.2) is 60.8 Å². The minimum Gasteiger partial charge on any atom is -0.340 e. The first kappa shape index (κ1) is 23.9. The molecule has 1 atom stereocenters. The van der Waals surface area contributed by atoms with E-state index in [0.29, 0.717) is 54.6 Å². The van der Waals surface area contributed by atoms with E-state index in [1.54, 1.807) is 39.9 Å². The molecular formula is C26H27ClN6O3. The predicted molar refractivity (Wildman–Crippen MR) is 136 cm³/mol. The molecule has 10 heteroatoms. The Hall–Kier alpha value is -3.85. The van der Waals surface area contributed by atoms with Crippen molar-refractivity contribution in [3.8, 4) is 0 Å². The van der Waals surface area contributed by atoms with Gasteiger partial charge in [0.15, 0.2) is 0 Å². The van der Waals surface area contributed by atoms with Crippen LogP contribution in [0.4, 0.5) is 15.3 Å². The summed E-state index contributed by atoms with van der Waals surface area (Å²) in [4.78, 5) is 47.1. The predicted octanol–water partition coefficient (Wildman–Crippen LogP) is 4.18. The number of urea groups is 1. The van der Waals surface area contributed by atoms with E-state index in [2.05, 4.69) is 15.6 Å². The number of halogens is 1. The van der Waals surface area contributed by atoms with Crippen molar-refractivity contribution in [1.29, 1.82) is 0 Å². The molecule has 4 amide bonds. The summed E-state index contributed by atoms with van der Waals surface area (Å²) in [5.74, 6) is 0.517. The minimum atomic E-state index is -0.835. The fourth-order valence-electron chi connectivity index (χ4n) is 4.87. The van der Waals surface area contributed by atoms with Crippen molar-refractivity contribution in [2.45, 2.75) is 38.4 Å². The molecule has 0 bridgehead atoms. The van der Waals surface area contributed by atoms with Gasteiger partial charge in [0.1, 0.15) is 11.9 Å². The first-order chi connectivity index (χ1) is 17.4. The van der Waals surface area contributed by atoms with Crippen LogP contribution in [0.2, 0.25) is 5.02 Å². The Morgan fingerprint density at radius 2 is 1.75 bits per heavy atom. The summed E-state index contributed by atoms with van der Waals surface area (Å²) < 4.78 is 1.66. The lowest BCUT2D eigenvalue weighted by Crippen LogP contribution is -2.50. The van der Waals surface area contributed by atoms with Crippen molar-refractivity contribution < 1.29 is 14.4 Å². The standard InChI is InChI=1S/C26H27ClN6O3/c1-17-28-15-22-16-32(26(36)33(17)22)21-11-13-31(14-12-21)24(34)23(18-5-3-2-4-6-18)30-25(35)29-20-9-7-19(27)8-10-20/h2-10,15,21,23H,11-14,16H2,1H3,(H2,29,30,35)/t23-/m0/s1. The largest absolute Gasteiger partial charge is 0.340 e. The van der Waals surface area contributed by atoms with E-state index in [1.807, 2.05) is 42.2 Å². The number of aromatic nitrogens is 2. The van der Waals surface area contributed by atoms with Crippen LogP contribution in [0.1, 0.15) is 36.0 Å². The third kappa shape index (κ3) is 4.79. The van der Waals surface area contributed by atoms with Gasteiger partial charge in [-0.2, -0.15) is 0 Å².